The maximum Gasteiger partial charge on any atom is 0.329 e. The minimum Gasteiger partial charge on any atom is -0.366 e. The second kappa shape index (κ2) is 7.44. The van der Waals surface area contributed by atoms with E-state index >= 15 is 0 Å². The summed E-state index contributed by atoms with van der Waals surface area (Å²) >= 11 is 0. The largest absolute Gasteiger partial charge is 0.366 e. The maximum atomic E-state index is 13.2. The highest BCUT2D eigenvalue weighted by Crippen LogP contribution is 2.39. The molecule has 5 rings (SSSR count). The first-order chi connectivity index (χ1) is 14.7. The monoisotopic (exact) mass is 397 g/mol. The van der Waals surface area contributed by atoms with Gasteiger partial charge >= 0.3 is 6.03 Å². The normalized spacial score (nSPS) is 17.1. The number of carbonyl (C=O) groups is 1. The Balaban J connectivity index is 1.56. The molecule has 2 amide bonds. The van der Waals surface area contributed by atoms with Gasteiger partial charge in [-0.2, -0.15) is 5.26 Å². The van der Waals surface area contributed by atoms with E-state index in [2.05, 4.69) is 26.3 Å². The molecule has 8 nitrogen and oxygen atoms in total. The van der Waals surface area contributed by atoms with Gasteiger partial charge in [0, 0.05) is 24.8 Å². The summed E-state index contributed by atoms with van der Waals surface area (Å²) in [4.78, 5) is 30.1. The molecular formula is C22H19N7O. The smallest absolute Gasteiger partial charge is 0.329 e. The first-order valence-electron chi connectivity index (χ1n) is 9.86. The van der Waals surface area contributed by atoms with Crippen molar-refractivity contribution in [1.82, 2.24) is 15.0 Å². The summed E-state index contributed by atoms with van der Waals surface area (Å²) in [5.41, 5.74) is 3.10. The first kappa shape index (κ1) is 18.1. The summed E-state index contributed by atoms with van der Waals surface area (Å²) in [7, 11) is 0. The molecule has 148 valence electrons. The lowest BCUT2D eigenvalue weighted by molar-refractivity contribution is 0.252. The van der Waals surface area contributed by atoms with E-state index < -0.39 is 0 Å². The zero-order valence-electron chi connectivity index (χ0n) is 16.2. The summed E-state index contributed by atoms with van der Waals surface area (Å²) in [6.07, 6.45) is 4.94. The van der Waals surface area contributed by atoms with Crippen LogP contribution in [-0.4, -0.2) is 40.1 Å². The van der Waals surface area contributed by atoms with Crippen molar-refractivity contribution in [3.8, 4) is 17.3 Å². The summed E-state index contributed by atoms with van der Waals surface area (Å²) in [6.45, 7) is 1.74. The Labute approximate surface area is 173 Å². The molecule has 1 fully saturated rings. The third-order valence-electron chi connectivity index (χ3n) is 5.51. The summed E-state index contributed by atoms with van der Waals surface area (Å²) < 4.78 is 0. The molecule has 1 N–H and O–H groups in total. The number of benzene rings is 1. The van der Waals surface area contributed by atoms with Gasteiger partial charge in [-0.05, 0) is 43.2 Å². The first-order valence-corrected chi connectivity index (χ1v) is 9.86. The van der Waals surface area contributed by atoms with E-state index in [1.165, 1.54) is 6.33 Å². The standard InChI is InChI=1S/C22H19N7O/c23-12-15-3-1-4-16(11-15)18-6-7-19-21(26-18)29(17-5-2-10-28(19)13-17)22(30)27-20-8-9-24-14-25-20/h1,3-4,6-9,11,14,17H,2,5,10,13H2,(H,24,25,27,30)/t17-/m0/s1. The molecule has 0 saturated carbocycles. The number of hydrogen-bond donors (Lipinski definition) is 1. The van der Waals surface area contributed by atoms with Gasteiger partial charge in [0.25, 0.3) is 0 Å². The number of nitriles is 1. The number of piperidine rings is 1. The highest BCUT2D eigenvalue weighted by atomic mass is 16.2. The molecule has 1 saturated heterocycles. The molecule has 30 heavy (non-hydrogen) atoms. The summed E-state index contributed by atoms with van der Waals surface area (Å²) in [5, 5.41) is 12.1. The van der Waals surface area contributed by atoms with E-state index in [1.807, 2.05) is 30.3 Å². The molecule has 4 heterocycles. The number of aromatic nitrogens is 3. The van der Waals surface area contributed by atoms with Crippen LogP contribution in [-0.2, 0) is 0 Å². The molecule has 0 unspecified atom stereocenters. The molecule has 2 aliphatic heterocycles. The average Bonchev–Trinajstić information content (AvgIpc) is 2.80. The summed E-state index contributed by atoms with van der Waals surface area (Å²) in [6, 6.07) is 14.9. The topological polar surface area (TPSA) is 98.0 Å². The van der Waals surface area contributed by atoms with Crippen LogP contribution >= 0.6 is 0 Å². The molecule has 2 aliphatic rings. The quantitative estimate of drug-likeness (QED) is 0.711. The Morgan fingerprint density at radius 3 is 3.00 bits per heavy atom. The van der Waals surface area contributed by atoms with Crippen molar-refractivity contribution >= 4 is 23.4 Å². The number of urea groups is 1. The molecular weight excluding hydrogens is 378 g/mol. The van der Waals surface area contributed by atoms with Gasteiger partial charge in [-0.25, -0.2) is 19.7 Å². The van der Waals surface area contributed by atoms with Crippen molar-refractivity contribution in [1.29, 1.82) is 5.26 Å². The zero-order chi connectivity index (χ0) is 20.5. The van der Waals surface area contributed by atoms with Gasteiger partial charge in [-0.1, -0.05) is 12.1 Å². The Hall–Kier alpha value is -3.99. The lowest BCUT2D eigenvalue weighted by atomic mass is 9.99. The van der Waals surface area contributed by atoms with Crippen LogP contribution in [0.5, 0.6) is 0 Å². The number of pyridine rings is 1. The van der Waals surface area contributed by atoms with E-state index in [0.717, 1.165) is 42.9 Å². The molecule has 0 aliphatic carbocycles. The van der Waals surface area contributed by atoms with Crippen LogP contribution in [0.4, 0.5) is 22.1 Å². The van der Waals surface area contributed by atoms with Crippen LogP contribution in [0.25, 0.3) is 11.3 Å². The molecule has 1 aromatic carbocycles. The third-order valence-corrected chi connectivity index (χ3v) is 5.51. The van der Waals surface area contributed by atoms with Crippen LogP contribution in [0.1, 0.15) is 18.4 Å². The number of fused-ring (bicyclic) bond motifs is 4. The van der Waals surface area contributed by atoms with Crippen molar-refractivity contribution in [2.75, 3.05) is 28.2 Å². The van der Waals surface area contributed by atoms with Gasteiger partial charge in [0.15, 0.2) is 5.82 Å². The van der Waals surface area contributed by atoms with Crippen molar-refractivity contribution in [2.45, 2.75) is 18.9 Å². The minimum absolute atomic E-state index is 0.0429. The van der Waals surface area contributed by atoms with Crippen LogP contribution < -0.4 is 15.1 Å². The van der Waals surface area contributed by atoms with Gasteiger partial charge in [-0.3, -0.25) is 10.2 Å². The molecule has 2 aromatic heterocycles. The molecule has 0 spiro atoms. The number of carbonyl (C=O) groups excluding carboxylic acids is 1. The minimum atomic E-state index is -0.253. The SMILES string of the molecule is N#Cc1cccc(-c2ccc3c(n2)N(C(=O)Nc2ccncn2)[C@H]2CCCN3C2)c1. The van der Waals surface area contributed by atoms with Gasteiger partial charge in [-0.15, -0.1) is 0 Å². The number of amides is 2. The van der Waals surface area contributed by atoms with Gasteiger partial charge in [0.05, 0.1) is 29.1 Å². The van der Waals surface area contributed by atoms with Crippen LogP contribution in [0.15, 0.2) is 55.0 Å². The van der Waals surface area contributed by atoms with E-state index in [1.54, 1.807) is 23.2 Å². The number of nitrogens with one attached hydrogen (secondary N) is 1. The van der Waals surface area contributed by atoms with E-state index in [4.69, 9.17) is 4.98 Å². The number of hydrogen-bond acceptors (Lipinski definition) is 6. The number of anilines is 3. The molecule has 8 heteroatoms. The molecule has 0 radical (unpaired) electrons. The fourth-order valence-electron chi connectivity index (χ4n) is 4.13. The van der Waals surface area contributed by atoms with Crippen LogP contribution in [0.2, 0.25) is 0 Å². The zero-order valence-corrected chi connectivity index (χ0v) is 16.2. The second-order valence-corrected chi connectivity index (χ2v) is 7.37. The highest BCUT2D eigenvalue weighted by Gasteiger charge is 2.38. The second-order valence-electron chi connectivity index (χ2n) is 7.37. The van der Waals surface area contributed by atoms with Crippen molar-refractivity contribution < 1.29 is 4.79 Å². The predicted octanol–water partition coefficient (Wildman–Crippen LogP) is 3.43. The average molecular weight is 397 g/mol. The molecule has 1 atom stereocenters. The third kappa shape index (κ3) is 3.20. The Morgan fingerprint density at radius 1 is 1.23 bits per heavy atom. The fourth-order valence-corrected chi connectivity index (χ4v) is 4.13. The van der Waals surface area contributed by atoms with Crippen molar-refractivity contribution in [2.24, 2.45) is 0 Å². The van der Waals surface area contributed by atoms with Crippen molar-refractivity contribution in [3.63, 3.8) is 0 Å². The maximum absolute atomic E-state index is 13.2. The Bertz CT molecular complexity index is 1140. The van der Waals surface area contributed by atoms with E-state index in [0.29, 0.717) is 17.2 Å². The predicted molar refractivity (Wildman–Crippen MR) is 113 cm³/mol. The van der Waals surface area contributed by atoms with Gasteiger partial charge in [0.1, 0.15) is 12.1 Å². The number of nitrogens with zero attached hydrogens (tertiary/aromatic N) is 6. The number of rotatable bonds is 2. The Kier molecular flexibility index (Phi) is 4.48. The van der Waals surface area contributed by atoms with E-state index in [9.17, 15) is 10.1 Å². The lowest BCUT2D eigenvalue weighted by Gasteiger charge is -2.45. The van der Waals surface area contributed by atoms with Gasteiger partial charge < -0.3 is 4.90 Å². The van der Waals surface area contributed by atoms with Gasteiger partial charge in [0.2, 0.25) is 0 Å². The summed E-state index contributed by atoms with van der Waals surface area (Å²) in [5.74, 6) is 1.09. The van der Waals surface area contributed by atoms with Crippen LogP contribution in [0.3, 0.4) is 0 Å². The van der Waals surface area contributed by atoms with Crippen LogP contribution in [0, 0.1) is 11.3 Å². The lowest BCUT2D eigenvalue weighted by Crippen LogP contribution is -2.56. The van der Waals surface area contributed by atoms with Crippen molar-refractivity contribution in [3.05, 3.63) is 60.6 Å². The molecule has 2 bridgehead atoms. The highest BCUT2D eigenvalue weighted by molar-refractivity contribution is 6.04. The fraction of sp³-hybridized carbons (Fsp3) is 0.227. The Morgan fingerprint density at radius 2 is 2.17 bits per heavy atom. The molecule has 3 aromatic rings. The van der Waals surface area contributed by atoms with E-state index in [-0.39, 0.29) is 12.1 Å².